The minimum Gasteiger partial charge on any atom is -0.478 e. The number of nitriles is 1. The van der Waals surface area contributed by atoms with E-state index in [9.17, 15) is 28.7 Å². The van der Waals surface area contributed by atoms with Crippen LogP contribution in [0.2, 0.25) is 0 Å². The number of hydrogen-bond acceptors (Lipinski definition) is 8. The molecule has 3 aromatic carbocycles. The maximum absolute atomic E-state index is 13.1. The number of benzene rings is 3. The number of fused-ring (bicyclic) bond motifs is 1. The third-order valence-corrected chi connectivity index (χ3v) is 5.93. The van der Waals surface area contributed by atoms with E-state index in [1.807, 2.05) is 19.9 Å². The Morgan fingerprint density at radius 1 is 1.14 bits per heavy atom. The van der Waals surface area contributed by atoms with Gasteiger partial charge in [0, 0.05) is 29.7 Å². The zero-order chi connectivity index (χ0) is 30.8. The number of rotatable bonds is 8. The molecule has 4 rings (SSSR count). The molecule has 0 bridgehead atoms. The van der Waals surface area contributed by atoms with Crippen LogP contribution < -0.4 is 16.5 Å². The summed E-state index contributed by atoms with van der Waals surface area (Å²) in [5.41, 5.74) is 9.27. The third kappa shape index (κ3) is 7.51. The molecule has 1 heterocycles. The van der Waals surface area contributed by atoms with Crippen molar-refractivity contribution >= 4 is 46.4 Å². The van der Waals surface area contributed by atoms with Gasteiger partial charge in [0.1, 0.15) is 17.4 Å². The highest BCUT2D eigenvalue weighted by atomic mass is 19.3. The largest absolute Gasteiger partial charge is 0.478 e. The first-order valence-corrected chi connectivity index (χ1v) is 12.5. The highest BCUT2D eigenvalue weighted by molar-refractivity contribution is 6.09. The van der Waals surface area contributed by atoms with Crippen molar-refractivity contribution in [2.75, 3.05) is 5.32 Å². The highest BCUT2D eigenvalue weighted by Crippen LogP contribution is 2.30. The number of allylic oxidation sites excluding steroid dienone is 1. The fourth-order valence-electron chi connectivity index (χ4n) is 4.01. The van der Waals surface area contributed by atoms with E-state index in [2.05, 4.69) is 16.4 Å². The fourth-order valence-corrected chi connectivity index (χ4v) is 4.01. The molecule has 4 N–H and O–H groups in total. The summed E-state index contributed by atoms with van der Waals surface area (Å²) >= 11 is 0. The molecule has 0 aliphatic rings. The molecule has 1 unspecified atom stereocenters. The number of aliphatic imine (C=N–C) groups is 1. The molecule has 0 aliphatic carbocycles. The van der Waals surface area contributed by atoms with Gasteiger partial charge in [0.15, 0.2) is 11.7 Å². The number of para-hydroxylation sites is 2. The number of hydrogen-bond donors (Lipinski definition) is 3. The average Bonchev–Trinajstić information content (AvgIpc) is 2.98. The van der Waals surface area contributed by atoms with E-state index in [4.69, 9.17) is 14.9 Å². The first-order chi connectivity index (χ1) is 20.1. The Bertz CT molecular complexity index is 1770. The summed E-state index contributed by atoms with van der Waals surface area (Å²) in [5, 5.41) is 22.5. The zero-order valence-electron chi connectivity index (χ0n) is 22.5. The van der Waals surface area contributed by atoms with Gasteiger partial charge < -0.3 is 20.6 Å². The summed E-state index contributed by atoms with van der Waals surface area (Å²) in [6, 6.07) is 20.1. The lowest BCUT2D eigenvalue weighted by Gasteiger charge is -2.19. The Hall–Kier alpha value is -5.63. The van der Waals surface area contributed by atoms with Gasteiger partial charge in [-0.2, -0.15) is 5.26 Å². The van der Waals surface area contributed by atoms with Crippen molar-refractivity contribution in [3.8, 4) is 6.07 Å². The van der Waals surface area contributed by atoms with Crippen LogP contribution in [0.3, 0.4) is 0 Å². The molecule has 0 aliphatic heterocycles. The Morgan fingerprint density at radius 3 is 2.45 bits per heavy atom. The van der Waals surface area contributed by atoms with Crippen molar-refractivity contribution in [2.24, 2.45) is 10.7 Å². The van der Waals surface area contributed by atoms with Crippen LogP contribution in [0.15, 0.2) is 87.1 Å². The van der Waals surface area contributed by atoms with Crippen LogP contribution in [-0.2, 0) is 4.79 Å². The molecule has 0 radical (unpaired) electrons. The number of carboxylic acids is 1. The van der Waals surface area contributed by atoms with Gasteiger partial charge in [-0.05, 0) is 49.7 Å². The van der Waals surface area contributed by atoms with Gasteiger partial charge in [0.25, 0.3) is 6.43 Å². The summed E-state index contributed by atoms with van der Waals surface area (Å²) in [7, 11) is 0. The molecule has 0 fully saturated rings. The van der Waals surface area contributed by atoms with E-state index in [-0.39, 0.29) is 16.8 Å². The smallest absolute Gasteiger partial charge is 0.337 e. The molecule has 11 heteroatoms. The number of nitrogens with zero attached hydrogens (tertiary/aromatic N) is 2. The van der Waals surface area contributed by atoms with Crippen molar-refractivity contribution in [3.05, 3.63) is 111 Å². The number of carboxylic acid groups (broad SMARTS) is 1. The van der Waals surface area contributed by atoms with Gasteiger partial charge in [-0.3, -0.25) is 14.6 Å². The average molecular weight is 573 g/mol. The minimum absolute atomic E-state index is 0.135. The van der Waals surface area contributed by atoms with E-state index in [0.29, 0.717) is 39.0 Å². The van der Waals surface area contributed by atoms with Gasteiger partial charge >= 0.3 is 5.97 Å². The maximum Gasteiger partial charge on any atom is 0.337 e. The second-order valence-corrected chi connectivity index (χ2v) is 8.90. The second kappa shape index (κ2) is 14.1. The van der Waals surface area contributed by atoms with Crippen LogP contribution in [0, 0.1) is 18.3 Å². The lowest BCUT2D eigenvalue weighted by atomic mass is 10.00. The SMILES string of the molecule is Cc1cc(C(C)Nc2ccccc2C(=O)O)c2oc(/C(C=Nc3ccccc3C#N)=C/N)cc(=O)c2c1.O=CC(F)F. The number of carbonyl (C=O) groups excluding carboxylic acids is 1. The number of nitrogens with one attached hydrogen (secondary N) is 1. The summed E-state index contributed by atoms with van der Waals surface area (Å²) in [4.78, 5) is 37.9. The first kappa shape index (κ1) is 30.9. The molecule has 1 aromatic heterocycles. The standard InChI is InChI=1S/C29H24N4O4.C2H2F2O/c1-17-11-22(18(2)33-25-10-6-4-8-21(25)29(35)36)28-23(12-17)26(34)13-27(37-28)20(15-31)16-32-24-9-5-3-7-19(24)14-30;3-2(4)1-5/h3-13,15-16,18,33H,31H2,1-2H3,(H,35,36);1-2H/b20-15+,32-16?;. The van der Waals surface area contributed by atoms with E-state index in [1.165, 1.54) is 24.5 Å². The van der Waals surface area contributed by atoms with Crippen molar-refractivity contribution in [3.63, 3.8) is 0 Å². The fraction of sp³-hybridized carbons (Fsp3) is 0.129. The van der Waals surface area contributed by atoms with Gasteiger partial charge in [-0.25, -0.2) is 13.6 Å². The van der Waals surface area contributed by atoms with E-state index < -0.39 is 24.7 Å². The molecular formula is C31H26F2N4O5. The van der Waals surface area contributed by atoms with Crippen LogP contribution in [-0.4, -0.2) is 30.0 Å². The van der Waals surface area contributed by atoms with Crippen LogP contribution in [0.1, 0.15) is 45.8 Å². The Kier molecular flexibility index (Phi) is 10.4. The molecule has 0 spiro atoms. The van der Waals surface area contributed by atoms with Crippen molar-refractivity contribution < 1.29 is 27.9 Å². The van der Waals surface area contributed by atoms with E-state index in [0.717, 1.165) is 5.56 Å². The Balaban J connectivity index is 0.000000892. The molecule has 0 saturated carbocycles. The van der Waals surface area contributed by atoms with Crippen molar-refractivity contribution in [1.29, 1.82) is 5.26 Å². The third-order valence-electron chi connectivity index (χ3n) is 5.93. The van der Waals surface area contributed by atoms with Crippen LogP contribution in [0.25, 0.3) is 16.5 Å². The molecular weight excluding hydrogens is 546 g/mol. The Morgan fingerprint density at radius 2 is 1.81 bits per heavy atom. The quantitative estimate of drug-likeness (QED) is 0.171. The first-order valence-electron chi connectivity index (χ1n) is 12.5. The monoisotopic (exact) mass is 572 g/mol. The Labute approximate surface area is 239 Å². The number of alkyl halides is 2. The lowest BCUT2D eigenvalue weighted by molar-refractivity contribution is -0.116. The molecule has 0 amide bonds. The summed E-state index contributed by atoms with van der Waals surface area (Å²) in [6.45, 7) is 3.73. The van der Waals surface area contributed by atoms with Crippen molar-refractivity contribution in [1.82, 2.24) is 0 Å². The molecule has 0 saturated heterocycles. The van der Waals surface area contributed by atoms with Crippen LogP contribution in [0.4, 0.5) is 20.2 Å². The van der Waals surface area contributed by atoms with Crippen LogP contribution in [0.5, 0.6) is 0 Å². The topological polar surface area (TPSA) is 159 Å². The maximum atomic E-state index is 13.1. The number of aryl methyl sites for hydroxylation is 1. The number of carbonyl (C=O) groups is 2. The van der Waals surface area contributed by atoms with Gasteiger partial charge in [-0.15, -0.1) is 0 Å². The molecule has 42 heavy (non-hydrogen) atoms. The number of aldehydes is 1. The van der Waals surface area contributed by atoms with E-state index in [1.54, 1.807) is 48.5 Å². The molecule has 214 valence electrons. The molecule has 1 atom stereocenters. The highest BCUT2D eigenvalue weighted by Gasteiger charge is 2.18. The number of halogens is 2. The lowest BCUT2D eigenvalue weighted by Crippen LogP contribution is -2.13. The normalized spacial score (nSPS) is 12.0. The van der Waals surface area contributed by atoms with Gasteiger partial charge in [0.05, 0.1) is 33.8 Å². The predicted molar refractivity (Wildman–Crippen MR) is 156 cm³/mol. The summed E-state index contributed by atoms with van der Waals surface area (Å²) in [5.74, 6) is -0.838. The molecule has 4 aromatic rings. The number of aromatic carboxylic acids is 1. The molecule has 9 nitrogen and oxygen atoms in total. The van der Waals surface area contributed by atoms with Crippen LogP contribution >= 0.6 is 0 Å². The van der Waals surface area contributed by atoms with Crippen molar-refractivity contribution in [2.45, 2.75) is 26.3 Å². The number of anilines is 1. The number of nitrogens with two attached hydrogens (primary N) is 1. The predicted octanol–water partition coefficient (Wildman–Crippen LogP) is 6.00. The van der Waals surface area contributed by atoms with Gasteiger partial charge in [0.2, 0.25) is 0 Å². The van der Waals surface area contributed by atoms with E-state index >= 15 is 0 Å². The minimum atomic E-state index is -2.80. The summed E-state index contributed by atoms with van der Waals surface area (Å²) in [6.07, 6.45) is -0.491. The zero-order valence-corrected chi connectivity index (χ0v) is 22.5. The second-order valence-electron chi connectivity index (χ2n) is 8.90. The van der Waals surface area contributed by atoms with Gasteiger partial charge in [-0.1, -0.05) is 30.3 Å². The summed E-state index contributed by atoms with van der Waals surface area (Å²) < 4.78 is 27.0.